The quantitative estimate of drug-likeness (QED) is 0.785. The van der Waals surface area contributed by atoms with Crippen molar-refractivity contribution in [1.82, 2.24) is 9.55 Å². The normalized spacial score (nSPS) is 13.1. The molecule has 19 heavy (non-hydrogen) atoms. The standard InChI is InChI=1S/C13H15ClF2N2O/c1-3-9(7-19-2)18-11-5-8(15)4-10(16)13(11)17-12(18)6-14/h4-5,9H,3,6-7H2,1-2H3. The van der Waals surface area contributed by atoms with E-state index in [0.717, 1.165) is 12.5 Å². The highest BCUT2D eigenvalue weighted by Crippen LogP contribution is 2.27. The van der Waals surface area contributed by atoms with Gasteiger partial charge >= 0.3 is 0 Å². The smallest absolute Gasteiger partial charge is 0.153 e. The summed E-state index contributed by atoms with van der Waals surface area (Å²) < 4.78 is 34.0. The Balaban J connectivity index is 2.68. The lowest BCUT2D eigenvalue weighted by molar-refractivity contribution is 0.153. The van der Waals surface area contributed by atoms with Crippen LogP contribution >= 0.6 is 11.6 Å². The molecule has 104 valence electrons. The number of benzene rings is 1. The van der Waals surface area contributed by atoms with E-state index >= 15 is 0 Å². The molecule has 0 N–H and O–H groups in total. The van der Waals surface area contributed by atoms with E-state index in [4.69, 9.17) is 16.3 Å². The Bertz CT molecular complexity index is 586. The molecule has 6 heteroatoms. The van der Waals surface area contributed by atoms with Crippen molar-refractivity contribution in [2.45, 2.75) is 25.3 Å². The van der Waals surface area contributed by atoms with Gasteiger partial charge in [0.25, 0.3) is 0 Å². The predicted octanol–water partition coefficient (Wildman–Crippen LogP) is 3.65. The van der Waals surface area contributed by atoms with E-state index in [1.807, 2.05) is 6.92 Å². The predicted molar refractivity (Wildman–Crippen MR) is 70.4 cm³/mol. The molecule has 1 aromatic carbocycles. The van der Waals surface area contributed by atoms with Gasteiger partial charge in [0.15, 0.2) is 5.82 Å². The number of hydrogen-bond acceptors (Lipinski definition) is 2. The molecule has 3 nitrogen and oxygen atoms in total. The first-order chi connectivity index (χ1) is 9.12. The molecular weight excluding hydrogens is 274 g/mol. The van der Waals surface area contributed by atoms with Crippen LogP contribution in [0.4, 0.5) is 8.78 Å². The van der Waals surface area contributed by atoms with Gasteiger partial charge in [0.2, 0.25) is 0 Å². The van der Waals surface area contributed by atoms with Gasteiger partial charge in [-0.3, -0.25) is 0 Å². The summed E-state index contributed by atoms with van der Waals surface area (Å²) in [6.07, 6.45) is 0.751. The molecule has 2 rings (SSSR count). The summed E-state index contributed by atoms with van der Waals surface area (Å²) in [5.74, 6) is -0.646. The summed E-state index contributed by atoms with van der Waals surface area (Å²) in [6.45, 7) is 2.41. The Morgan fingerprint density at radius 2 is 2.16 bits per heavy atom. The molecule has 0 aliphatic rings. The Kier molecular flexibility index (Phi) is 4.37. The second-order valence-electron chi connectivity index (χ2n) is 4.30. The summed E-state index contributed by atoms with van der Waals surface area (Å²) in [5.41, 5.74) is 0.559. The first-order valence-corrected chi connectivity index (χ1v) is 6.56. The molecule has 0 aliphatic carbocycles. The Labute approximate surface area is 115 Å². The average Bonchev–Trinajstić information content (AvgIpc) is 2.74. The fraction of sp³-hybridized carbons (Fsp3) is 0.462. The first-order valence-electron chi connectivity index (χ1n) is 6.03. The largest absolute Gasteiger partial charge is 0.383 e. The van der Waals surface area contributed by atoms with Gasteiger partial charge in [-0.1, -0.05) is 6.92 Å². The number of rotatable bonds is 5. The van der Waals surface area contributed by atoms with E-state index in [1.165, 1.54) is 6.07 Å². The Morgan fingerprint density at radius 3 is 2.74 bits per heavy atom. The molecule has 0 saturated heterocycles. The third kappa shape index (κ3) is 2.58. The summed E-state index contributed by atoms with van der Waals surface area (Å²) in [4.78, 5) is 4.16. The molecule has 0 spiro atoms. The summed E-state index contributed by atoms with van der Waals surface area (Å²) in [6, 6.07) is 2.05. The number of halogens is 3. The zero-order valence-corrected chi connectivity index (χ0v) is 11.5. The van der Waals surface area contributed by atoms with E-state index in [9.17, 15) is 8.78 Å². The molecule has 0 fully saturated rings. The average molecular weight is 289 g/mol. The van der Waals surface area contributed by atoms with Gasteiger partial charge in [-0.15, -0.1) is 11.6 Å². The number of ether oxygens (including phenoxy) is 1. The van der Waals surface area contributed by atoms with Crippen LogP contribution in [0.1, 0.15) is 25.2 Å². The Hall–Kier alpha value is -1.20. The molecule has 0 bridgehead atoms. The molecule has 1 aromatic heterocycles. The van der Waals surface area contributed by atoms with Gasteiger partial charge in [-0.05, 0) is 12.5 Å². The SMILES string of the molecule is CCC(COC)n1c(CCl)nc2c(F)cc(F)cc21. The minimum absolute atomic E-state index is 0.0510. The summed E-state index contributed by atoms with van der Waals surface area (Å²) in [5, 5.41) is 0. The maximum atomic E-state index is 13.7. The van der Waals surface area contributed by atoms with Crippen molar-refractivity contribution < 1.29 is 13.5 Å². The van der Waals surface area contributed by atoms with Crippen LogP contribution in [-0.4, -0.2) is 23.3 Å². The van der Waals surface area contributed by atoms with Gasteiger partial charge in [-0.25, -0.2) is 13.8 Å². The zero-order valence-electron chi connectivity index (χ0n) is 10.8. The number of alkyl halides is 1. The van der Waals surface area contributed by atoms with Crippen LogP contribution in [0.25, 0.3) is 11.0 Å². The fourth-order valence-electron chi connectivity index (χ4n) is 2.24. The molecule has 0 saturated carbocycles. The third-order valence-electron chi connectivity index (χ3n) is 3.10. The molecule has 2 aromatic rings. The molecule has 1 heterocycles. The highest BCUT2D eigenvalue weighted by atomic mass is 35.5. The van der Waals surface area contributed by atoms with Crippen molar-refractivity contribution in [2.24, 2.45) is 0 Å². The Morgan fingerprint density at radius 1 is 1.42 bits per heavy atom. The van der Waals surface area contributed by atoms with Crippen LogP contribution in [0.2, 0.25) is 0 Å². The minimum atomic E-state index is -0.674. The van der Waals surface area contributed by atoms with Crippen LogP contribution < -0.4 is 0 Å². The van der Waals surface area contributed by atoms with E-state index in [0.29, 0.717) is 17.9 Å². The number of nitrogens with zero attached hydrogens (tertiary/aromatic N) is 2. The lowest BCUT2D eigenvalue weighted by atomic mass is 10.2. The maximum Gasteiger partial charge on any atom is 0.153 e. The number of fused-ring (bicyclic) bond motifs is 1. The van der Waals surface area contributed by atoms with Gasteiger partial charge in [0.05, 0.1) is 24.0 Å². The van der Waals surface area contributed by atoms with Crippen molar-refractivity contribution in [3.8, 4) is 0 Å². The molecular formula is C13H15ClF2N2O. The van der Waals surface area contributed by atoms with E-state index in [1.54, 1.807) is 11.7 Å². The third-order valence-corrected chi connectivity index (χ3v) is 3.34. The van der Waals surface area contributed by atoms with Gasteiger partial charge in [0, 0.05) is 13.2 Å². The summed E-state index contributed by atoms with van der Waals surface area (Å²) in [7, 11) is 1.59. The second kappa shape index (κ2) is 5.84. The minimum Gasteiger partial charge on any atom is -0.383 e. The number of aromatic nitrogens is 2. The second-order valence-corrected chi connectivity index (χ2v) is 4.57. The first kappa shape index (κ1) is 14.2. The van der Waals surface area contributed by atoms with E-state index < -0.39 is 11.6 Å². The highest BCUT2D eigenvalue weighted by molar-refractivity contribution is 6.16. The van der Waals surface area contributed by atoms with E-state index in [-0.39, 0.29) is 17.4 Å². The van der Waals surface area contributed by atoms with Gasteiger partial charge in [-0.2, -0.15) is 0 Å². The lowest BCUT2D eigenvalue weighted by Gasteiger charge is -2.19. The van der Waals surface area contributed by atoms with Crippen LogP contribution in [0.15, 0.2) is 12.1 Å². The lowest BCUT2D eigenvalue weighted by Crippen LogP contribution is -2.16. The van der Waals surface area contributed by atoms with Gasteiger partial charge < -0.3 is 9.30 Å². The highest BCUT2D eigenvalue weighted by Gasteiger charge is 2.20. The topological polar surface area (TPSA) is 27.1 Å². The fourth-order valence-corrected chi connectivity index (χ4v) is 2.43. The van der Waals surface area contributed by atoms with Crippen molar-refractivity contribution in [3.05, 3.63) is 29.6 Å². The maximum absolute atomic E-state index is 13.7. The van der Waals surface area contributed by atoms with Crippen LogP contribution in [0.3, 0.4) is 0 Å². The zero-order chi connectivity index (χ0) is 14.0. The molecule has 0 amide bonds. The van der Waals surface area contributed by atoms with Crippen molar-refractivity contribution in [1.29, 1.82) is 0 Å². The molecule has 1 unspecified atom stereocenters. The van der Waals surface area contributed by atoms with Crippen LogP contribution in [0.5, 0.6) is 0 Å². The van der Waals surface area contributed by atoms with Crippen LogP contribution in [-0.2, 0) is 10.6 Å². The monoisotopic (exact) mass is 288 g/mol. The van der Waals surface area contributed by atoms with Crippen LogP contribution in [0, 0.1) is 11.6 Å². The van der Waals surface area contributed by atoms with Crippen molar-refractivity contribution in [2.75, 3.05) is 13.7 Å². The molecule has 0 aliphatic heterocycles. The number of imidazole rings is 1. The van der Waals surface area contributed by atoms with E-state index in [2.05, 4.69) is 4.98 Å². The summed E-state index contributed by atoms with van der Waals surface area (Å²) >= 11 is 5.86. The van der Waals surface area contributed by atoms with Gasteiger partial charge in [0.1, 0.15) is 17.2 Å². The molecule has 0 radical (unpaired) electrons. The van der Waals surface area contributed by atoms with Crippen molar-refractivity contribution in [3.63, 3.8) is 0 Å². The number of methoxy groups -OCH3 is 1. The van der Waals surface area contributed by atoms with Crippen molar-refractivity contribution >= 4 is 22.6 Å². The number of hydrogen-bond donors (Lipinski definition) is 0. The molecule has 1 atom stereocenters.